The SMILES string of the molecule is Cn1c(N2CCC3(CCCC3)CC2)nc(N)c(-c2cccc(F)c2F)c1=O. The number of piperidine rings is 1. The van der Waals surface area contributed by atoms with Gasteiger partial charge in [0.15, 0.2) is 11.6 Å². The minimum atomic E-state index is -1.09. The predicted octanol–water partition coefficient (Wildman–Crippen LogP) is 3.47. The van der Waals surface area contributed by atoms with Gasteiger partial charge in [0.2, 0.25) is 5.95 Å². The van der Waals surface area contributed by atoms with E-state index < -0.39 is 17.2 Å². The summed E-state index contributed by atoms with van der Waals surface area (Å²) in [6, 6.07) is 3.71. The lowest BCUT2D eigenvalue weighted by Gasteiger charge is -2.40. The zero-order chi connectivity index (χ0) is 19.2. The Bertz CT molecular complexity index is 924. The molecule has 0 radical (unpaired) electrons. The monoisotopic (exact) mass is 374 g/mol. The van der Waals surface area contributed by atoms with Crippen molar-refractivity contribution >= 4 is 11.8 Å². The van der Waals surface area contributed by atoms with Gasteiger partial charge in [-0.15, -0.1) is 0 Å². The van der Waals surface area contributed by atoms with E-state index in [1.165, 1.54) is 42.4 Å². The molecule has 27 heavy (non-hydrogen) atoms. The smallest absolute Gasteiger partial charge is 0.264 e. The molecule has 0 unspecified atom stereocenters. The molecule has 2 aliphatic rings. The summed E-state index contributed by atoms with van der Waals surface area (Å²) in [5.74, 6) is -1.68. The van der Waals surface area contributed by atoms with Crippen LogP contribution in [-0.2, 0) is 7.05 Å². The van der Waals surface area contributed by atoms with Crippen molar-refractivity contribution in [1.29, 1.82) is 0 Å². The van der Waals surface area contributed by atoms with Crippen LogP contribution >= 0.6 is 0 Å². The fourth-order valence-corrected chi connectivity index (χ4v) is 4.65. The van der Waals surface area contributed by atoms with Crippen LogP contribution in [0.1, 0.15) is 38.5 Å². The van der Waals surface area contributed by atoms with Crippen molar-refractivity contribution in [2.24, 2.45) is 12.5 Å². The molecule has 0 bridgehead atoms. The van der Waals surface area contributed by atoms with Gasteiger partial charge in [0.25, 0.3) is 5.56 Å². The molecule has 2 fully saturated rings. The van der Waals surface area contributed by atoms with Crippen molar-refractivity contribution in [2.45, 2.75) is 38.5 Å². The minimum Gasteiger partial charge on any atom is -0.383 e. The average molecular weight is 374 g/mol. The molecule has 4 rings (SSSR count). The van der Waals surface area contributed by atoms with Crippen LogP contribution in [-0.4, -0.2) is 22.6 Å². The largest absolute Gasteiger partial charge is 0.383 e. The molecule has 2 heterocycles. The van der Waals surface area contributed by atoms with Crippen molar-refractivity contribution in [3.63, 3.8) is 0 Å². The van der Waals surface area contributed by atoms with Crippen LogP contribution in [0, 0.1) is 17.0 Å². The van der Waals surface area contributed by atoms with Crippen LogP contribution in [0.3, 0.4) is 0 Å². The third-order valence-electron chi connectivity index (χ3n) is 6.29. The summed E-state index contributed by atoms with van der Waals surface area (Å²) >= 11 is 0. The van der Waals surface area contributed by atoms with Gasteiger partial charge in [0.1, 0.15) is 5.82 Å². The normalized spacial score (nSPS) is 19.0. The van der Waals surface area contributed by atoms with Gasteiger partial charge >= 0.3 is 0 Å². The van der Waals surface area contributed by atoms with E-state index in [0.717, 1.165) is 32.0 Å². The molecule has 0 atom stereocenters. The summed E-state index contributed by atoms with van der Waals surface area (Å²) in [5, 5.41) is 0. The topological polar surface area (TPSA) is 64.2 Å². The Morgan fingerprint density at radius 1 is 1.11 bits per heavy atom. The summed E-state index contributed by atoms with van der Waals surface area (Å²) in [7, 11) is 1.60. The molecule has 1 aliphatic carbocycles. The summed E-state index contributed by atoms with van der Waals surface area (Å²) < 4.78 is 29.2. The number of benzene rings is 1. The fourth-order valence-electron chi connectivity index (χ4n) is 4.65. The molecule has 144 valence electrons. The molecule has 7 heteroatoms. The van der Waals surface area contributed by atoms with Gasteiger partial charge in [-0.3, -0.25) is 9.36 Å². The van der Waals surface area contributed by atoms with Crippen LogP contribution in [0.5, 0.6) is 0 Å². The summed E-state index contributed by atoms with van der Waals surface area (Å²) in [6.45, 7) is 1.65. The van der Waals surface area contributed by atoms with Crippen LogP contribution in [0.15, 0.2) is 23.0 Å². The molecule has 1 saturated carbocycles. The molecule has 1 aliphatic heterocycles. The first-order valence-electron chi connectivity index (χ1n) is 9.48. The highest BCUT2D eigenvalue weighted by Crippen LogP contribution is 2.46. The van der Waals surface area contributed by atoms with Crippen molar-refractivity contribution < 1.29 is 8.78 Å². The molecular formula is C20H24F2N4O. The number of nitrogens with two attached hydrogens (primary N) is 1. The lowest BCUT2D eigenvalue weighted by Crippen LogP contribution is -2.42. The Morgan fingerprint density at radius 2 is 1.78 bits per heavy atom. The third-order valence-corrected chi connectivity index (χ3v) is 6.29. The second-order valence-corrected chi connectivity index (χ2v) is 7.83. The molecule has 5 nitrogen and oxygen atoms in total. The van der Waals surface area contributed by atoms with E-state index in [9.17, 15) is 13.6 Å². The number of hydrogen-bond donors (Lipinski definition) is 1. The number of rotatable bonds is 2. The summed E-state index contributed by atoms with van der Waals surface area (Å²) in [5.41, 5.74) is 5.75. The van der Waals surface area contributed by atoms with Gasteiger partial charge in [0, 0.05) is 25.7 Å². The molecule has 1 saturated heterocycles. The van der Waals surface area contributed by atoms with E-state index in [1.54, 1.807) is 7.05 Å². The van der Waals surface area contributed by atoms with Gasteiger partial charge in [-0.25, -0.2) is 8.78 Å². The van der Waals surface area contributed by atoms with Crippen LogP contribution in [0.2, 0.25) is 0 Å². The Hall–Kier alpha value is -2.44. The minimum absolute atomic E-state index is 0.0706. The van der Waals surface area contributed by atoms with E-state index in [1.807, 2.05) is 0 Å². The van der Waals surface area contributed by atoms with Gasteiger partial charge in [-0.2, -0.15) is 4.98 Å². The second-order valence-electron chi connectivity index (χ2n) is 7.83. The molecular weight excluding hydrogens is 350 g/mol. The fraction of sp³-hybridized carbons (Fsp3) is 0.500. The first-order valence-corrected chi connectivity index (χ1v) is 9.48. The number of nitrogens with zero attached hydrogens (tertiary/aromatic N) is 3. The second kappa shape index (κ2) is 6.62. The van der Waals surface area contributed by atoms with Gasteiger partial charge in [0.05, 0.1) is 5.56 Å². The number of aromatic nitrogens is 2. The zero-order valence-corrected chi connectivity index (χ0v) is 15.5. The number of hydrogen-bond acceptors (Lipinski definition) is 4. The number of nitrogen functional groups attached to an aromatic ring is 1. The number of halogens is 2. The maximum atomic E-state index is 14.2. The lowest BCUT2D eigenvalue weighted by molar-refractivity contribution is 0.225. The average Bonchev–Trinajstić information content (AvgIpc) is 3.11. The highest BCUT2D eigenvalue weighted by atomic mass is 19.2. The quantitative estimate of drug-likeness (QED) is 0.874. The van der Waals surface area contributed by atoms with Gasteiger partial charge in [-0.1, -0.05) is 25.0 Å². The van der Waals surface area contributed by atoms with Crippen molar-refractivity contribution in [1.82, 2.24) is 9.55 Å². The first kappa shape index (κ1) is 17.9. The highest BCUT2D eigenvalue weighted by molar-refractivity contribution is 5.74. The van der Waals surface area contributed by atoms with E-state index in [-0.39, 0.29) is 16.9 Å². The first-order chi connectivity index (χ1) is 12.9. The van der Waals surface area contributed by atoms with E-state index in [4.69, 9.17) is 5.73 Å². The zero-order valence-electron chi connectivity index (χ0n) is 15.5. The Labute approximate surface area is 156 Å². The maximum absolute atomic E-state index is 14.2. The predicted molar refractivity (Wildman–Crippen MR) is 102 cm³/mol. The molecule has 2 aromatic rings. The van der Waals surface area contributed by atoms with E-state index in [2.05, 4.69) is 9.88 Å². The molecule has 0 amide bonds. The Kier molecular flexibility index (Phi) is 4.40. The summed E-state index contributed by atoms with van der Waals surface area (Å²) in [4.78, 5) is 19.4. The van der Waals surface area contributed by atoms with Crippen molar-refractivity contribution in [3.05, 3.63) is 40.2 Å². The van der Waals surface area contributed by atoms with Crippen LogP contribution in [0.25, 0.3) is 11.1 Å². The number of anilines is 2. The van der Waals surface area contributed by atoms with Gasteiger partial charge in [-0.05, 0) is 37.2 Å². The van der Waals surface area contributed by atoms with Crippen molar-refractivity contribution in [3.8, 4) is 11.1 Å². The van der Waals surface area contributed by atoms with Crippen LogP contribution < -0.4 is 16.2 Å². The standard InChI is InChI=1S/C20H24F2N4O/c1-25-18(27)15(13-5-4-6-14(21)16(13)22)17(23)24-19(25)26-11-9-20(10-12-26)7-2-3-8-20/h4-6H,2-3,7-12,23H2,1H3. The highest BCUT2D eigenvalue weighted by Gasteiger charge is 2.37. The third kappa shape index (κ3) is 2.99. The Balaban J connectivity index is 1.69. The summed E-state index contributed by atoms with van der Waals surface area (Å²) in [6.07, 6.45) is 7.35. The lowest BCUT2D eigenvalue weighted by atomic mass is 9.77. The van der Waals surface area contributed by atoms with Crippen molar-refractivity contribution in [2.75, 3.05) is 23.7 Å². The molecule has 1 aromatic carbocycles. The van der Waals surface area contributed by atoms with Gasteiger partial charge < -0.3 is 10.6 Å². The Morgan fingerprint density at radius 3 is 2.44 bits per heavy atom. The molecule has 1 aromatic heterocycles. The van der Waals surface area contributed by atoms with Crippen LogP contribution in [0.4, 0.5) is 20.5 Å². The molecule has 2 N–H and O–H groups in total. The van der Waals surface area contributed by atoms with E-state index in [0.29, 0.717) is 11.4 Å². The maximum Gasteiger partial charge on any atom is 0.264 e. The van der Waals surface area contributed by atoms with E-state index >= 15 is 0 Å². The molecule has 1 spiro atoms.